The Morgan fingerprint density at radius 1 is 0.931 bits per heavy atom. The van der Waals surface area contributed by atoms with Gasteiger partial charge in [0.05, 0.1) is 4.90 Å². The normalized spacial score (nSPS) is 11.3. The lowest BCUT2D eigenvalue weighted by molar-refractivity contribution is 0.583. The molecule has 0 aliphatic carbocycles. The summed E-state index contributed by atoms with van der Waals surface area (Å²) in [5.74, 6) is 1.08. The molecular formula is C20H22ClN5O2S. The minimum Gasteiger partial charge on any atom is -0.353 e. The molecule has 0 atom stereocenters. The van der Waals surface area contributed by atoms with Gasteiger partial charge in [-0.15, -0.1) is 0 Å². The highest BCUT2D eigenvalue weighted by atomic mass is 35.5. The molecule has 29 heavy (non-hydrogen) atoms. The summed E-state index contributed by atoms with van der Waals surface area (Å²) in [7, 11) is -3.59. The fourth-order valence-electron chi connectivity index (χ4n) is 2.55. The van der Waals surface area contributed by atoms with Crippen LogP contribution in [0.25, 0.3) is 0 Å². The first-order chi connectivity index (χ1) is 13.8. The van der Waals surface area contributed by atoms with Gasteiger partial charge in [-0.3, -0.25) is 0 Å². The Kier molecular flexibility index (Phi) is 6.68. The van der Waals surface area contributed by atoms with E-state index in [1.165, 1.54) is 29.8 Å². The summed E-state index contributed by atoms with van der Waals surface area (Å²) in [6, 6.07) is 15.8. The van der Waals surface area contributed by atoms with Crippen LogP contribution in [-0.2, 0) is 10.0 Å². The topological polar surface area (TPSA) is 96.0 Å². The van der Waals surface area contributed by atoms with Gasteiger partial charge in [0.2, 0.25) is 16.0 Å². The predicted octanol–water partition coefficient (Wildman–Crippen LogP) is 3.88. The summed E-state index contributed by atoms with van der Waals surface area (Å²) in [6.45, 7) is 4.42. The van der Waals surface area contributed by atoms with Crippen molar-refractivity contribution in [3.63, 3.8) is 0 Å². The summed E-state index contributed by atoms with van der Waals surface area (Å²) in [5.41, 5.74) is 2.90. The fourth-order valence-corrected chi connectivity index (χ4v) is 3.71. The molecule has 0 amide bonds. The maximum atomic E-state index is 12.3. The molecular weight excluding hydrogens is 410 g/mol. The van der Waals surface area contributed by atoms with Crippen molar-refractivity contribution in [1.82, 2.24) is 14.7 Å². The minimum atomic E-state index is -3.59. The van der Waals surface area contributed by atoms with E-state index in [0.29, 0.717) is 23.3 Å². The van der Waals surface area contributed by atoms with Gasteiger partial charge in [0, 0.05) is 35.6 Å². The quantitative estimate of drug-likeness (QED) is 0.468. The van der Waals surface area contributed by atoms with E-state index in [1.807, 2.05) is 44.2 Å². The van der Waals surface area contributed by atoms with Crippen molar-refractivity contribution < 1.29 is 8.42 Å². The Morgan fingerprint density at radius 2 is 1.62 bits per heavy atom. The molecule has 3 rings (SSSR count). The minimum absolute atomic E-state index is 0.165. The third-order valence-electron chi connectivity index (χ3n) is 4.00. The van der Waals surface area contributed by atoms with Crippen molar-refractivity contribution in [1.29, 1.82) is 0 Å². The highest BCUT2D eigenvalue weighted by Gasteiger charge is 2.13. The number of rotatable bonds is 8. The molecule has 0 fully saturated rings. The molecule has 1 aromatic heterocycles. The average Bonchev–Trinajstić information content (AvgIpc) is 2.67. The van der Waals surface area contributed by atoms with Crippen molar-refractivity contribution in [2.45, 2.75) is 18.7 Å². The van der Waals surface area contributed by atoms with Crippen LogP contribution in [0, 0.1) is 13.8 Å². The molecule has 152 valence electrons. The molecule has 1 heterocycles. The van der Waals surface area contributed by atoms with E-state index < -0.39 is 10.0 Å². The van der Waals surface area contributed by atoms with Crippen LogP contribution in [-0.4, -0.2) is 31.5 Å². The molecule has 0 unspecified atom stereocenters. The van der Waals surface area contributed by atoms with Gasteiger partial charge in [-0.05, 0) is 50.2 Å². The van der Waals surface area contributed by atoms with Gasteiger partial charge in [0.25, 0.3) is 0 Å². The highest BCUT2D eigenvalue weighted by molar-refractivity contribution is 7.89. The van der Waals surface area contributed by atoms with Gasteiger partial charge < -0.3 is 10.6 Å². The van der Waals surface area contributed by atoms with Gasteiger partial charge in [0.15, 0.2) is 0 Å². The zero-order chi connectivity index (χ0) is 20.9. The lowest BCUT2D eigenvalue weighted by Crippen LogP contribution is -2.29. The van der Waals surface area contributed by atoms with E-state index in [-0.39, 0.29) is 11.4 Å². The van der Waals surface area contributed by atoms with Gasteiger partial charge in [0.1, 0.15) is 5.82 Å². The molecule has 9 heteroatoms. The Morgan fingerprint density at radius 3 is 2.31 bits per heavy atom. The first kappa shape index (κ1) is 21.0. The number of nitrogens with one attached hydrogen (secondary N) is 3. The number of anilines is 3. The Hall–Kier alpha value is -2.68. The maximum Gasteiger partial charge on any atom is 0.240 e. The molecule has 0 spiro atoms. The second-order valence-electron chi connectivity index (χ2n) is 6.49. The summed E-state index contributed by atoms with van der Waals surface area (Å²) in [6.07, 6.45) is 0. The van der Waals surface area contributed by atoms with Crippen LogP contribution in [0.2, 0.25) is 5.02 Å². The van der Waals surface area contributed by atoms with Crippen LogP contribution in [0.1, 0.15) is 11.3 Å². The van der Waals surface area contributed by atoms with Crippen LogP contribution in [0.3, 0.4) is 0 Å². The van der Waals surface area contributed by atoms with Crippen LogP contribution in [0.5, 0.6) is 0 Å². The molecule has 3 N–H and O–H groups in total. The number of hydrogen-bond acceptors (Lipinski definition) is 6. The monoisotopic (exact) mass is 431 g/mol. The van der Waals surface area contributed by atoms with E-state index in [1.54, 1.807) is 0 Å². The predicted molar refractivity (Wildman–Crippen MR) is 116 cm³/mol. The van der Waals surface area contributed by atoms with E-state index in [9.17, 15) is 8.42 Å². The molecule has 0 saturated carbocycles. The Balaban J connectivity index is 1.57. The Bertz CT molecular complexity index is 1070. The first-order valence-electron chi connectivity index (χ1n) is 9.00. The van der Waals surface area contributed by atoms with E-state index in [0.717, 1.165) is 11.4 Å². The third kappa shape index (κ3) is 6.15. The summed E-state index contributed by atoms with van der Waals surface area (Å²) >= 11 is 5.80. The van der Waals surface area contributed by atoms with E-state index in [4.69, 9.17) is 11.6 Å². The van der Waals surface area contributed by atoms with Crippen molar-refractivity contribution >= 4 is 39.1 Å². The summed E-state index contributed by atoms with van der Waals surface area (Å²) in [4.78, 5) is 8.93. The lowest BCUT2D eigenvalue weighted by Gasteiger charge is -2.11. The number of hydrogen-bond donors (Lipinski definition) is 3. The fraction of sp³-hybridized carbons (Fsp3) is 0.200. The van der Waals surface area contributed by atoms with Gasteiger partial charge >= 0.3 is 0 Å². The second kappa shape index (κ2) is 9.21. The molecule has 0 radical (unpaired) electrons. The van der Waals surface area contributed by atoms with Crippen molar-refractivity contribution in [2.24, 2.45) is 0 Å². The number of benzene rings is 2. The molecule has 2 aromatic carbocycles. The number of halogens is 1. The molecule has 7 nitrogen and oxygen atoms in total. The van der Waals surface area contributed by atoms with Crippen LogP contribution in [0.4, 0.5) is 17.5 Å². The van der Waals surface area contributed by atoms with Crippen molar-refractivity contribution in [2.75, 3.05) is 23.7 Å². The smallest absolute Gasteiger partial charge is 0.240 e. The van der Waals surface area contributed by atoms with Crippen molar-refractivity contribution in [3.05, 3.63) is 70.9 Å². The number of sulfonamides is 1. The van der Waals surface area contributed by atoms with Crippen molar-refractivity contribution in [3.8, 4) is 0 Å². The largest absolute Gasteiger partial charge is 0.353 e. The number of nitrogens with zero attached hydrogens (tertiary/aromatic N) is 2. The number of aromatic nitrogens is 2. The average molecular weight is 432 g/mol. The highest BCUT2D eigenvalue weighted by Crippen LogP contribution is 2.17. The zero-order valence-corrected chi connectivity index (χ0v) is 17.7. The lowest BCUT2D eigenvalue weighted by atomic mass is 10.2. The van der Waals surface area contributed by atoms with Gasteiger partial charge in [-0.1, -0.05) is 29.3 Å². The van der Waals surface area contributed by atoms with E-state index in [2.05, 4.69) is 25.3 Å². The Labute approximate surface area is 175 Å². The maximum absolute atomic E-state index is 12.3. The van der Waals surface area contributed by atoms with Crippen LogP contribution < -0.4 is 15.4 Å². The SMILES string of the molecule is Cc1ccc(Nc2cc(C)nc(NCCNS(=O)(=O)c3ccc(Cl)cc3)n2)cc1. The molecule has 3 aromatic rings. The standard InChI is InChI=1S/C20H22ClN5O2S/c1-14-3-7-17(8-4-14)25-19-13-15(2)24-20(26-19)22-11-12-23-29(27,28)18-9-5-16(21)6-10-18/h3-10,13,23H,11-12H2,1-2H3,(H2,22,24,25,26). The zero-order valence-electron chi connectivity index (χ0n) is 16.1. The summed E-state index contributed by atoms with van der Waals surface area (Å²) < 4.78 is 27.1. The van der Waals surface area contributed by atoms with Crippen LogP contribution in [0.15, 0.2) is 59.5 Å². The van der Waals surface area contributed by atoms with Gasteiger partial charge in [-0.2, -0.15) is 4.98 Å². The summed E-state index contributed by atoms with van der Waals surface area (Å²) in [5, 5.41) is 6.77. The molecule has 0 saturated heterocycles. The second-order valence-corrected chi connectivity index (χ2v) is 8.69. The molecule has 0 aliphatic rings. The number of aryl methyl sites for hydroxylation is 2. The van der Waals surface area contributed by atoms with Crippen LogP contribution >= 0.6 is 11.6 Å². The van der Waals surface area contributed by atoms with Gasteiger partial charge in [-0.25, -0.2) is 18.1 Å². The van der Waals surface area contributed by atoms with E-state index >= 15 is 0 Å². The molecule has 0 aliphatic heterocycles. The first-order valence-corrected chi connectivity index (χ1v) is 10.9. The molecule has 0 bridgehead atoms. The third-order valence-corrected chi connectivity index (χ3v) is 5.73.